The normalized spacial score (nSPS) is 12.2. The van der Waals surface area contributed by atoms with E-state index in [1.54, 1.807) is 12.1 Å². The molecule has 0 amide bonds. The summed E-state index contributed by atoms with van der Waals surface area (Å²) >= 11 is 0. The molecule has 0 radical (unpaired) electrons. The number of aliphatic hydroxyl groups excluding tert-OH is 1. The number of ether oxygens (including phenoxy) is 1. The Hall–Kier alpha value is -1.87. The molecule has 2 aromatic rings. The average Bonchev–Trinajstić information content (AvgIpc) is 2.36. The molecule has 0 aliphatic heterocycles. The third kappa shape index (κ3) is 3.80. The van der Waals surface area contributed by atoms with Crippen LogP contribution < -0.4 is 4.74 Å². The molecule has 1 atom stereocenters. The van der Waals surface area contributed by atoms with Crippen molar-refractivity contribution in [3.05, 3.63) is 65.0 Å². The molecule has 0 saturated heterocycles. The molecule has 0 aliphatic rings. The van der Waals surface area contributed by atoms with E-state index < -0.39 is 6.10 Å². The maximum atomic E-state index is 12.7. The van der Waals surface area contributed by atoms with Crippen molar-refractivity contribution >= 4 is 0 Å². The van der Waals surface area contributed by atoms with Crippen molar-refractivity contribution in [2.45, 2.75) is 20.0 Å². The van der Waals surface area contributed by atoms with Gasteiger partial charge in [0.2, 0.25) is 0 Å². The summed E-state index contributed by atoms with van der Waals surface area (Å²) in [6.45, 7) is 4.13. The van der Waals surface area contributed by atoms with Gasteiger partial charge in [0.15, 0.2) is 0 Å². The summed E-state index contributed by atoms with van der Waals surface area (Å²) in [5.41, 5.74) is 3.05. The van der Waals surface area contributed by atoms with Gasteiger partial charge >= 0.3 is 0 Å². The van der Waals surface area contributed by atoms with Gasteiger partial charge in [0.25, 0.3) is 0 Å². The van der Waals surface area contributed by atoms with Gasteiger partial charge in [-0.15, -0.1) is 0 Å². The fourth-order valence-corrected chi connectivity index (χ4v) is 2.00. The van der Waals surface area contributed by atoms with Crippen molar-refractivity contribution in [3.63, 3.8) is 0 Å². The number of hydrogen-bond acceptors (Lipinski definition) is 2. The van der Waals surface area contributed by atoms with Crippen LogP contribution in [-0.4, -0.2) is 11.7 Å². The Labute approximate surface area is 112 Å². The van der Waals surface area contributed by atoms with Gasteiger partial charge in [0, 0.05) is 0 Å². The lowest BCUT2D eigenvalue weighted by Gasteiger charge is -2.14. The van der Waals surface area contributed by atoms with E-state index >= 15 is 0 Å². The average molecular weight is 260 g/mol. The van der Waals surface area contributed by atoms with Crippen molar-refractivity contribution in [2.24, 2.45) is 0 Å². The molecule has 1 N–H and O–H groups in total. The van der Waals surface area contributed by atoms with Crippen LogP contribution in [0.2, 0.25) is 0 Å². The molecule has 100 valence electrons. The van der Waals surface area contributed by atoms with E-state index in [0.717, 1.165) is 16.7 Å². The van der Waals surface area contributed by atoms with Crippen LogP contribution >= 0.6 is 0 Å². The Morgan fingerprint density at radius 1 is 1.05 bits per heavy atom. The van der Waals surface area contributed by atoms with Crippen LogP contribution in [0.5, 0.6) is 5.75 Å². The van der Waals surface area contributed by atoms with Crippen LogP contribution in [0, 0.1) is 19.7 Å². The second-order valence-electron chi connectivity index (χ2n) is 4.70. The largest absolute Gasteiger partial charge is 0.491 e. The summed E-state index contributed by atoms with van der Waals surface area (Å²) in [4.78, 5) is 0. The van der Waals surface area contributed by atoms with Gasteiger partial charge in [-0.2, -0.15) is 0 Å². The van der Waals surface area contributed by atoms with Gasteiger partial charge in [-0.05, 0) is 43.7 Å². The third-order valence-corrected chi connectivity index (χ3v) is 2.85. The molecule has 2 rings (SSSR count). The summed E-state index contributed by atoms with van der Waals surface area (Å²) in [7, 11) is 0. The van der Waals surface area contributed by atoms with E-state index in [4.69, 9.17) is 4.74 Å². The number of rotatable bonds is 4. The van der Waals surface area contributed by atoms with Gasteiger partial charge < -0.3 is 9.84 Å². The first-order chi connectivity index (χ1) is 9.04. The van der Waals surface area contributed by atoms with Gasteiger partial charge in [0.05, 0.1) is 0 Å². The highest BCUT2D eigenvalue weighted by Gasteiger charge is 2.09. The van der Waals surface area contributed by atoms with E-state index in [2.05, 4.69) is 6.07 Å². The minimum absolute atomic E-state index is 0.147. The topological polar surface area (TPSA) is 29.5 Å². The number of aryl methyl sites for hydroxylation is 2. The lowest BCUT2D eigenvalue weighted by atomic mass is 10.0. The minimum atomic E-state index is -0.691. The SMILES string of the molecule is Cc1cc(C)cc(C(O)COc2ccc(F)cc2)c1. The maximum Gasteiger partial charge on any atom is 0.123 e. The monoisotopic (exact) mass is 260 g/mol. The van der Waals surface area contributed by atoms with E-state index in [-0.39, 0.29) is 12.4 Å². The van der Waals surface area contributed by atoms with Crippen molar-refractivity contribution in [1.82, 2.24) is 0 Å². The maximum absolute atomic E-state index is 12.7. The smallest absolute Gasteiger partial charge is 0.123 e. The predicted octanol–water partition coefficient (Wildman–Crippen LogP) is 3.55. The summed E-state index contributed by atoms with van der Waals surface area (Å²) in [5.74, 6) is 0.243. The van der Waals surface area contributed by atoms with Crippen molar-refractivity contribution in [3.8, 4) is 5.75 Å². The molecule has 0 heterocycles. The zero-order chi connectivity index (χ0) is 13.8. The molecule has 3 heteroatoms. The highest BCUT2D eigenvalue weighted by Crippen LogP contribution is 2.19. The molecular weight excluding hydrogens is 243 g/mol. The van der Waals surface area contributed by atoms with Crippen LogP contribution in [0.25, 0.3) is 0 Å². The number of aliphatic hydroxyl groups is 1. The minimum Gasteiger partial charge on any atom is -0.491 e. The third-order valence-electron chi connectivity index (χ3n) is 2.85. The molecule has 0 aromatic heterocycles. The molecule has 19 heavy (non-hydrogen) atoms. The molecule has 0 fully saturated rings. The second kappa shape index (κ2) is 5.85. The van der Waals surface area contributed by atoms with Gasteiger partial charge in [-0.3, -0.25) is 0 Å². The number of benzene rings is 2. The van der Waals surface area contributed by atoms with Gasteiger partial charge in [0.1, 0.15) is 24.3 Å². The molecule has 2 aromatic carbocycles. The highest BCUT2D eigenvalue weighted by atomic mass is 19.1. The Bertz CT molecular complexity index is 529. The van der Waals surface area contributed by atoms with Crippen LogP contribution in [0.3, 0.4) is 0 Å². The molecular formula is C16H17FO2. The summed E-state index contributed by atoms with van der Waals surface area (Å²) < 4.78 is 18.2. The second-order valence-corrected chi connectivity index (χ2v) is 4.70. The first kappa shape index (κ1) is 13.6. The van der Waals surface area contributed by atoms with E-state index in [0.29, 0.717) is 5.75 Å². The number of hydrogen-bond donors (Lipinski definition) is 1. The fourth-order valence-electron chi connectivity index (χ4n) is 2.00. The van der Waals surface area contributed by atoms with Crippen molar-refractivity contribution in [1.29, 1.82) is 0 Å². The Kier molecular flexibility index (Phi) is 4.17. The van der Waals surface area contributed by atoms with E-state index in [9.17, 15) is 9.50 Å². The predicted molar refractivity (Wildman–Crippen MR) is 72.8 cm³/mol. The Morgan fingerprint density at radius 2 is 1.63 bits per heavy atom. The number of halogens is 1. The van der Waals surface area contributed by atoms with Crippen LogP contribution in [-0.2, 0) is 0 Å². The summed E-state index contributed by atoms with van der Waals surface area (Å²) in [5, 5.41) is 10.1. The van der Waals surface area contributed by atoms with Gasteiger partial charge in [-0.1, -0.05) is 29.3 Å². The zero-order valence-electron chi connectivity index (χ0n) is 11.1. The summed E-state index contributed by atoms with van der Waals surface area (Å²) in [6, 6.07) is 11.7. The first-order valence-corrected chi connectivity index (χ1v) is 6.19. The van der Waals surface area contributed by atoms with Crippen LogP contribution in [0.15, 0.2) is 42.5 Å². The molecule has 0 bridgehead atoms. The first-order valence-electron chi connectivity index (χ1n) is 6.19. The molecule has 1 unspecified atom stereocenters. The van der Waals surface area contributed by atoms with Crippen molar-refractivity contribution < 1.29 is 14.2 Å². The molecule has 2 nitrogen and oxygen atoms in total. The Balaban J connectivity index is 2.00. The lowest BCUT2D eigenvalue weighted by molar-refractivity contribution is 0.108. The quantitative estimate of drug-likeness (QED) is 0.910. The van der Waals surface area contributed by atoms with E-state index in [1.807, 2.05) is 26.0 Å². The van der Waals surface area contributed by atoms with Crippen LogP contribution in [0.1, 0.15) is 22.8 Å². The highest BCUT2D eigenvalue weighted by molar-refractivity contribution is 5.30. The zero-order valence-corrected chi connectivity index (χ0v) is 11.1. The van der Waals surface area contributed by atoms with E-state index in [1.165, 1.54) is 12.1 Å². The summed E-state index contributed by atoms with van der Waals surface area (Å²) in [6.07, 6.45) is -0.691. The van der Waals surface area contributed by atoms with Crippen LogP contribution in [0.4, 0.5) is 4.39 Å². The lowest BCUT2D eigenvalue weighted by Crippen LogP contribution is -2.10. The molecule has 0 spiro atoms. The fraction of sp³-hybridized carbons (Fsp3) is 0.250. The standard InChI is InChI=1S/C16H17FO2/c1-11-7-12(2)9-13(8-11)16(18)10-19-15-5-3-14(17)4-6-15/h3-9,16,18H,10H2,1-2H3. The van der Waals surface area contributed by atoms with Gasteiger partial charge in [-0.25, -0.2) is 4.39 Å². The molecule has 0 aliphatic carbocycles. The molecule has 0 saturated carbocycles. The van der Waals surface area contributed by atoms with Crippen molar-refractivity contribution in [2.75, 3.05) is 6.61 Å². The Morgan fingerprint density at radius 3 is 2.21 bits per heavy atom.